The molecule has 5 heteroatoms. The van der Waals surface area contributed by atoms with Gasteiger partial charge in [-0.05, 0) is 37.9 Å². The molecule has 23 heavy (non-hydrogen) atoms. The molecule has 126 valence electrons. The molecule has 0 aromatic heterocycles. The Bertz CT molecular complexity index is 535. The molecule has 2 aliphatic heterocycles. The Morgan fingerprint density at radius 3 is 2.48 bits per heavy atom. The number of likely N-dealkylation sites (tertiary alicyclic amines) is 1. The van der Waals surface area contributed by atoms with Gasteiger partial charge < -0.3 is 15.3 Å². The lowest BCUT2D eigenvalue weighted by Crippen LogP contribution is -2.51. The van der Waals surface area contributed by atoms with E-state index in [4.69, 9.17) is 0 Å². The zero-order valence-corrected chi connectivity index (χ0v) is 13.9. The Morgan fingerprint density at radius 1 is 1.17 bits per heavy atom. The fourth-order valence-electron chi connectivity index (χ4n) is 3.55. The first-order valence-corrected chi connectivity index (χ1v) is 8.68. The minimum absolute atomic E-state index is 0.127. The lowest BCUT2D eigenvalue weighted by molar-refractivity contribution is -0.138. The van der Waals surface area contributed by atoms with Gasteiger partial charge in [-0.2, -0.15) is 0 Å². The fourth-order valence-corrected chi connectivity index (χ4v) is 3.55. The van der Waals surface area contributed by atoms with Crippen LogP contribution in [0.3, 0.4) is 0 Å². The topological polar surface area (TPSA) is 55.8 Å². The summed E-state index contributed by atoms with van der Waals surface area (Å²) in [6.07, 6.45) is 2.22. The average molecular weight is 317 g/mol. The highest BCUT2D eigenvalue weighted by atomic mass is 16.3. The van der Waals surface area contributed by atoms with E-state index >= 15 is 0 Å². The lowest BCUT2D eigenvalue weighted by Gasteiger charge is -2.39. The van der Waals surface area contributed by atoms with Crippen LogP contribution in [0.2, 0.25) is 0 Å². The Hall–Kier alpha value is -1.59. The van der Waals surface area contributed by atoms with Crippen molar-refractivity contribution in [1.82, 2.24) is 15.1 Å². The van der Waals surface area contributed by atoms with Crippen molar-refractivity contribution in [2.45, 2.75) is 25.8 Å². The SMILES string of the molecule is CC1CCN(C(C(=O)N2CCNCC2)c2ccccc2O)CC1. The van der Waals surface area contributed by atoms with Gasteiger partial charge in [0.2, 0.25) is 5.91 Å². The number of benzene rings is 1. The summed E-state index contributed by atoms with van der Waals surface area (Å²) in [5.74, 6) is 1.06. The highest BCUT2D eigenvalue weighted by Gasteiger charge is 2.34. The van der Waals surface area contributed by atoms with Crippen LogP contribution in [0.25, 0.3) is 0 Å². The first-order chi connectivity index (χ1) is 11.2. The van der Waals surface area contributed by atoms with E-state index in [1.165, 1.54) is 0 Å². The minimum Gasteiger partial charge on any atom is -0.508 e. The molecule has 0 spiro atoms. The minimum atomic E-state index is -0.359. The summed E-state index contributed by atoms with van der Waals surface area (Å²) in [6.45, 7) is 7.27. The molecule has 5 nitrogen and oxygen atoms in total. The van der Waals surface area contributed by atoms with Gasteiger partial charge >= 0.3 is 0 Å². The molecule has 0 bridgehead atoms. The van der Waals surface area contributed by atoms with Crippen LogP contribution in [0.4, 0.5) is 0 Å². The van der Waals surface area contributed by atoms with Crippen LogP contribution in [0.5, 0.6) is 5.75 Å². The Morgan fingerprint density at radius 2 is 1.83 bits per heavy atom. The molecule has 2 fully saturated rings. The van der Waals surface area contributed by atoms with Crippen molar-refractivity contribution in [2.24, 2.45) is 5.92 Å². The Balaban J connectivity index is 1.86. The van der Waals surface area contributed by atoms with Crippen LogP contribution < -0.4 is 5.32 Å². The number of aromatic hydroxyl groups is 1. The molecule has 1 aromatic rings. The molecule has 0 radical (unpaired) electrons. The molecular formula is C18H27N3O2. The van der Waals surface area contributed by atoms with Gasteiger partial charge in [-0.3, -0.25) is 9.69 Å². The van der Waals surface area contributed by atoms with Crippen molar-refractivity contribution in [3.05, 3.63) is 29.8 Å². The fraction of sp³-hybridized carbons (Fsp3) is 0.611. The maximum absolute atomic E-state index is 13.2. The first-order valence-electron chi connectivity index (χ1n) is 8.68. The summed E-state index contributed by atoms with van der Waals surface area (Å²) in [7, 11) is 0. The number of phenolic OH excluding ortho intramolecular Hbond substituents is 1. The molecule has 1 unspecified atom stereocenters. The number of nitrogens with zero attached hydrogens (tertiary/aromatic N) is 2. The third-order valence-electron chi connectivity index (χ3n) is 5.08. The van der Waals surface area contributed by atoms with Gasteiger partial charge in [0.1, 0.15) is 11.8 Å². The number of para-hydroxylation sites is 1. The number of carbonyl (C=O) groups excluding carboxylic acids is 1. The average Bonchev–Trinajstić information content (AvgIpc) is 2.59. The largest absolute Gasteiger partial charge is 0.508 e. The number of phenols is 1. The van der Waals surface area contributed by atoms with E-state index in [-0.39, 0.29) is 17.7 Å². The second kappa shape index (κ2) is 7.32. The quantitative estimate of drug-likeness (QED) is 0.889. The van der Waals surface area contributed by atoms with Gasteiger partial charge in [0.15, 0.2) is 0 Å². The van der Waals surface area contributed by atoms with Crippen LogP contribution in [0.1, 0.15) is 31.4 Å². The van der Waals surface area contributed by atoms with E-state index in [0.717, 1.165) is 57.7 Å². The second-order valence-electron chi connectivity index (χ2n) is 6.76. The standard InChI is InChI=1S/C18H27N3O2/c1-14-6-10-20(11-7-14)17(15-4-2-3-5-16(15)22)18(23)21-12-8-19-9-13-21/h2-5,14,17,19,22H,6-13H2,1H3. The molecule has 1 atom stereocenters. The van der Waals surface area contributed by atoms with Crippen molar-refractivity contribution in [1.29, 1.82) is 0 Å². The van der Waals surface area contributed by atoms with Crippen LogP contribution in [0, 0.1) is 5.92 Å². The number of rotatable bonds is 3. The highest BCUT2D eigenvalue weighted by molar-refractivity contribution is 5.84. The van der Waals surface area contributed by atoms with Gasteiger partial charge in [0.25, 0.3) is 0 Å². The van der Waals surface area contributed by atoms with Gasteiger partial charge in [0, 0.05) is 31.7 Å². The van der Waals surface area contributed by atoms with E-state index in [9.17, 15) is 9.90 Å². The Kier molecular flexibility index (Phi) is 5.18. The summed E-state index contributed by atoms with van der Waals surface area (Å²) >= 11 is 0. The molecular weight excluding hydrogens is 290 g/mol. The van der Waals surface area contributed by atoms with Crippen LogP contribution >= 0.6 is 0 Å². The molecule has 1 amide bonds. The summed E-state index contributed by atoms with van der Waals surface area (Å²) in [4.78, 5) is 17.4. The number of piperidine rings is 1. The molecule has 1 aromatic carbocycles. The van der Waals surface area contributed by atoms with Crippen LogP contribution in [-0.4, -0.2) is 60.1 Å². The molecule has 2 saturated heterocycles. The monoisotopic (exact) mass is 317 g/mol. The predicted octanol–water partition coefficient (Wildman–Crippen LogP) is 1.60. The van der Waals surface area contributed by atoms with E-state index < -0.39 is 0 Å². The van der Waals surface area contributed by atoms with Crippen LogP contribution in [0.15, 0.2) is 24.3 Å². The van der Waals surface area contributed by atoms with E-state index in [1.54, 1.807) is 6.07 Å². The normalized spacial score (nSPS) is 22.0. The molecule has 2 aliphatic rings. The van der Waals surface area contributed by atoms with Crippen molar-refractivity contribution in [3.63, 3.8) is 0 Å². The van der Waals surface area contributed by atoms with Gasteiger partial charge in [0.05, 0.1) is 0 Å². The first kappa shape index (κ1) is 16.3. The predicted molar refractivity (Wildman–Crippen MR) is 90.3 cm³/mol. The zero-order chi connectivity index (χ0) is 16.2. The number of carbonyl (C=O) groups is 1. The number of amides is 1. The van der Waals surface area contributed by atoms with Crippen molar-refractivity contribution < 1.29 is 9.90 Å². The van der Waals surface area contributed by atoms with Crippen molar-refractivity contribution in [3.8, 4) is 5.75 Å². The highest BCUT2D eigenvalue weighted by Crippen LogP contribution is 2.33. The maximum atomic E-state index is 13.2. The second-order valence-corrected chi connectivity index (χ2v) is 6.76. The molecule has 3 rings (SSSR count). The van der Waals surface area contributed by atoms with Crippen molar-refractivity contribution in [2.75, 3.05) is 39.3 Å². The number of hydrogen-bond acceptors (Lipinski definition) is 4. The molecule has 2 N–H and O–H groups in total. The summed E-state index contributed by atoms with van der Waals surface area (Å²) in [5, 5.41) is 13.6. The van der Waals surface area contributed by atoms with Gasteiger partial charge in [-0.25, -0.2) is 0 Å². The van der Waals surface area contributed by atoms with Crippen LogP contribution in [-0.2, 0) is 4.79 Å². The van der Waals surface area contributed by atoms with E-state index in [1.807, 2.05) is 23.1 Å². The summed E-state index contributed by atoms with van der Waals surface area (Å²) in [5.41, 5.74) is 0.741. The number of hydrogen-bond donors (Lipinski definition) is 2. The third kappa shape index (κ3) is 3.67. The number of nitrogens with one attached hydrogen (secondary N) is 1. The maximum Gasteiger partial charge on any atom is 0.244 e. The summed E-state index contributed by atoms with van der Waals surface area (Å²) < 4.78 is 0. The zero-order valence-electron chi connectivity index (χ0n) is 13.9. The molecule has 0 aliphatic carbocycles. The van der Waals surface area contributed by atoms with Gasteiger partial charge in [-0.15, -0.1) is 0 Å². The smallest absolute Gasteiger partial charge is 0.244 e. The van der Waals surface area contributed by atoms with E-state index in [0.29, 0.717) is 5.92 Å². The third-order valence-corrected chi connectivity index (χ3v) is 5.08. The summed E-state index contributed by atoms with van der Waals surface area (Å²) in [6, 6.07) is 6.92. The molecule has 2 heterocycles. The Labute approximate surface area is 138 Å². The number of piperazine rings is 1. The lowest BCUT2D eigenvalue weighted by atomic mass is 9.94. The molecule has 0 saturated carbocycles. The van der Waals surface area contributed by atoms with Gasteiger partial charge in [-0.1, -0.05) is 25.1 Å². The van der Waals surface area contributed by atoms with E-state index in [2.05, 4.69) is 17.1 Å². The van der Waals surface area contributed by atoms with Crippen molar-refractivity contribution >= 4 is 5.91 Å².